The molecule has 1 N–H and O–H groups in total. The second-order valence-corrected chi connectivity index (χ2v) is 7.19. The molecular weight excluding hydrogens is 326 g/mol. The van der Waals surface area contributed by atoms with Gasteiger partial charge in [0, 0.05) is 24.2 Å². The molecule has 1 atom stereocenters. The highest BCUT2D eigenvalue weighted by atomic mass is 16.1. The van der Waals surface area contributed by atoms with Crippen molar-refractivity contribution in [2.75, 3.05) is 6.54 Å². The zero-order valence-electron chi connectivity index (χ0n) is 15.4. The van der Waals surface area contributed by atoms with Crippen LogP contribution in [0.2, 0.25) is 0 Å². The summed E-state index contributed by atoms with van der Waals surface area (Å²) in [5.41, 5.74) is 5.57. The van der Waals surface area contributed by atoms with E-state index in [-0.39, 0.29) is 11.8 Å². The summed E-state index contributed by atoms with van der Waals surface area (Å²) in [5, 5.41) is 8.50. The van der Waals surface area contributed by atoms with Gasteiger partial charge in [-0.15, -0.1) is 0 Å². The summed E-state index contributed by atoms with van der Waals surface area (Å²) < 4.78 is 4.15. The highest BCUT2D eigenvalue weighted by molar-refractivity contribution is 5.89. The summed E-state index contributed by atoms with van der Waals surface area (Å²) in [6.07, 6.45) is 6.36. The van der Waals surface area contributed by atoms with Crippen LogP contribution in [-0.2, 0) is 30.7 Å². The van der Waals surface area contributed by atoms with Gasteiger partial charge < -0.3 is 9.88 Å². The maximum Gasteiger partial charge on any atom is 0.224 e. The van der Waals surface area contributed by atoms with Crippen molar-refractivity contribution in [3.05, 3.63) is 47.7 Å². The zero-order valence-corrected chi connectivity index (χ0v) is 15.4. The quantitative estimate of drug-likeness (QED) is 0.742. The summed E-state index contributed by atoms with van der Waals surface area (Å²) in [4.78, 5) is 16.3. The maximum atomic E-state index is 12.4. The summed E-state index contributed by atoms with van der Waals surface area (Å²) in [5.74, 6) is -0.0697. The zero-order chi connectivity index (χ0) is 18.1. The fourth-order valence-electron chi connectivity index (χ4n) is 4.08. The molecule has 0 spiro atoms. The van der Waals surface area contributed by atoms with E-state index in [9.17, 15) is 4.79 Å². The predicted molar refractivity (Wildman–Crippen MR) is 101 cm³/mol. The highest BCUT2D eigenvalue weighted by Crippen LogP contribution is 2.32. The molecule has 1 amide bonds. The van der Waals surface area contributed by atoms with Crippen LogP contribution in [0.15, 0.2) is 30.9 Å². The van der Waals surface area contributed by atoms with Gasteiger partial charge in [0.1, 0.15) is 12.7 Å². The van der Waals surface area contributed by atoms with Crippen LogP contribution < -0.4 is 5.32 Å². The lowest BCUT2D eigenvalue weighted by Crippen LogP contribution is -2.33. The molecule has 1 aromatic carbocycles. The van der Waals surface area contributed by atoms with Gasteiger partial charge in [0.25, 0.3) is 0 Å². The first-order valence-corrected chi connectivity index (χ1v) is 9.35. The van der Waals surface area contributed by atoms with Gasteiger partial charge in [0.05, 0.1) is 18.0 Å². The number of aryl methyl sites for hydroxylation is 2. The van der Waals surface area contributed by atoms with Crippen LogP contribution >= 0.6 is 0 Å². The lowest BCUT2D eigenvalue weighted by atomic mass is 10.0. The molecule has 6 heteroatoms. The molecule has 1 aliphatic heterocycles. The second-order valence-electron chi connectivity index (χ2n) is 7.19. The molecule has 4 rings (SSSR count). The predicted octanol–water partition coefficient (Wildman–Crippen LogP) is 2.48. The van der Waals surface area contributed by atoms with Gasteiger partial charge in [-0.05, 0) is 37.3 Å². The molecule has 0 bridgehead atoms. The van der Waals surface area contributed by atoms with E-state index in [4.69, 9.17) is 0 Å². The number of amides is 1. The average Bonchev–Trinajstić information content (AvgIpc) is 3.25. The lowest BCUT2D eigenvalue weighted by molar-refractivity contribution is -0.124. The molecule has 0 saturated heterocycles. The minimum Gasteiger partial charge on any atom is -0.355 e. The van der Waals surface area contributed by atoms with Crippen LogP contribution in [0.25, 0.3) is 10.9 Å². The van der Waals surface area contributed by atoms with Crippen molar-refractivity contribution in [2.24, 2.45) is 5.92 Å². The number of carbonyl (C=O) groups is 1. The number of nitrogens with one attached hydrogen (secondary N) is 1. The first-order valence-electron chi connectivity index (χ1n) is 9.35. The van der Waals surface area contributed by atoms with Crippen LogP contribution in [0.5, 0.6) is 0 Å². The molecule has 0 saturated carbocycles. The Labute approximate surface area is 153 Å². The molecular formula is C20H25N5O. The van der Waals surface area contributed by atoms with Crippen molar-refractivity contribution in [1.29, 1.82) is 0 Å². The molecule has 0 radical (unpaired) electrons. The molecule has 136 valence electrons. The van der Waals surface area contributed by atoms with Crippen molar-refractivity contribution in [3.63, 3.8) is 0 Å². The van der Waals surface area contributed by atoms with Crippen LogP contribution in [0.1, 0.15) is 30.2 Å². The summed E-state index contributed by atoms with van der Waals surface area (Å²) in [6.45, 7) is 6.43. The Bertz CT molecular complexity index is 925. The van der Waals surface area contributed by atoms with Gasteiger partial charge in [-0.1, -0.05) is 25.1 Å². The maximum absolute atomic E-state index is 12.4. The lowest BCUT2D eigenvalue weighted by Gasteiger charge is -2.16. The van der Waals surface area contributed by atoms with Gasteiger partial charge in [-0.25, -0.2) is 4.98 Å². The summed E-state index contributed by atoms with van der Waals surface area (Å²) >= 11 is 0. The smallest absolute Gasteiger partial charge is 0.224 e. The number of para-hydroxylation sites is 1. The van der Waals surface area contributed by atoms with Crippen LogP contribution in [0.4, 0.5) is 0 Å². The van der Waals surface area contributed by atoms with Gasteiger partial charge in [-0.2, -0.15) is 5.10 Å². The van der Waals surface area contributed by atoms with Gasteiger partial charge in [-0.3, -0.25) is 9.48 Å². The molecule has 3 aromatic rings. The van der Waals surface area contributed by atoms with E-state index in [2.05, 4.69) is 45.1 Å². The second kappa shape index (κ2) is 6.94. The van der Waals surface area contributed by atoms with E-state index in [0.29, 0.717) is 13.1 Å². The summed E-state index contributed by atoms with van der Waals surface area (Å²) in [7, 11) is 0. The van der Waals surface area contributed by atoms with E-state index >= 15 is 0 Å². The van der Waals surface area contributed by atoms with Crippen molar-refractivity contribution in [3.8, 4) is 0 Å². The molecule has 2 aromatic heterocycles. The largest absolute Gasteiger partial charge is 0.355 e. The van der Waals surface area contributed by atoms with Crippen molar-refractivity contribution in [1.82, 2.24) is 24.6 Å². The highest BCUT2D eigenvalue weighted by Gasteiger charge is 2.20. The number of rotatable bonds is 6. The van der Waals surface area contributed by atoms with Crippen molar-refractivity contribution >= 4 is 16.8 Å². The summed E-state index contributed by atoms with van der Waals surface area (Å²) in [6, 6.07) is 6.63. The molecule has 0 fully saturated rings. The Morgan fingerprint density at radius 2 is 2.27 bits per heavy atom. The van der Waals surface area contributed by atoms with Crippen LogP contribution in [0, 0.1) is 12.8 Å². The Morgan fingerprint density at radius 1 is 1.38 bits per heavy atom. The first-order chi connectivity index (χ1) is 12.6. The fraction of sp³-hybridized carbons (Fsp3) is 0.450. The van der Waals surface area contributed by atoms with E-state index in [1.165, 1.54) is 40.5 Å². The van der Waals surface area contributed by atoms with Gasteiger partial charge >= 0.3 is 0 Å². The number of nitrogens with zero attached hydrogens (tertiary/aromatic N) is 4. The van der Waals surface area contributed by atoms with E-state index in [0.717, 1.165) is 19.4 Å². The van der Waals surface area contributed by atoms with Crippen LogP contribution in [0.3, 0.4) is 0 Å². The van der Waals surface area contributed by atoms with Gasteiger partial charge in [0.2, 0.25) is 5.91 Å². The fourth-order valence-corrected chi connectivity index (χ4v) is 4.08. The molecule has 0 aliphatic carbocycles. The Hall–Kier alpha value is -2.63. The average molecular weight is 351 g/mol. The third-order valence-electron chi connectivity index (χ3n) is 5.43. The first kappa shape index (κ1) is 16.8. The molecule has 1 unspecified atom stereocenters. The Morgan fingerprint density at radius 3 is 3.08 bits per heavy atom. The molecule has 3 heterocycles. The molecule has 1 aliphatic rings. The Kier molecular flexibility index (Phi) is 4.49. The van der Waals surface area contributed by atoms with E-state index < -0.39 is 0 Å². The SMILES string of the molecule is Cc1c(CCNC(=O)C(C)Cn2cncn2)c2cccc3c2n1CCC3. The minimum absolute atomic E-state index is 0.0619. The number of carbonyl (C=O) groups excluding carboxylic acids is 1. The van der Waals surface area contributed by atoms with Gasteiger partial charge in [0.15, 0.2) is 0 Å². The Balaban J connectivity index is 1.43. The minimum atomic E-state index is -0.132. The van der Waals surface area contributed by atoms with E-state index in [1.807, 2.05) is 6.92 Å². The number of benzene rings is 1. The van der Waals surface area contributed by atoms with Crippen molar-refractivity contribution in [2.45, 2.75) is 46.2 Å². The molecule has 6 nitrogen and oxygen atoms in total. The third-order valence-corrected chi connectivity index (χ3v) is 5.43. The topological polar surface area (TPSA) is 64.7 Å². The third kappa shape index (κ3) is 3.00. The molecule has 26 heavy (non-hydrogen) atoms. The monoisotopic (exact) mass is 351 g/mol. The van der Waals surface area contributed by atoms with E-state index in [1.54, 1.807) is 11.0 Å². The standard InChI is InChI=1S/C20H25N5O/c1-14(11-24-13-21-12-23-24)20(26)22-9-8-17-15(2)25-10-4-6-16-5-3-7-18(17)19(16)25/h3,5,7,12-14H,4,6,8-11H2,1-2H3,(H,22,26). The number of aromatic nitrogens is 4. The van der Waals surface area contributed by atoms with Crippen LogP contribution in [-0.4, -0.2) is 31.8 Å². The van der Waals surface area contributed by atoms with Crippen molar-refractivity contribution < 1.29 is 4.79 Å². The normalized spacial score (nSPS) is 14.5. The number of hydrogen-bond donors (Lipinski definition) is 1. The number of hydrogen-bond acceptors (Lipinski definition) is 3.